The van der Waals surface area contributed by atoms with Crippen LogP contribution in [0.1, 0.15) is 18.4 Å². The fraction of sp³-hybridized carbons (Fsp3) is 0.368. The number of aliphatic carboxylic acids is 1. The summed E-state index contributed by atoms with van der Waals surface area (Å²) in [6, 6.07) is 7.19. The molecule has 2 aromatic heterocycles. The third-order valence-corrected chi connectivity index (χ3v) is 4.48. The van der Waals surface area contributed by atoms with Gasteiger partial charge in [0.25, 0.3) is 0 Å². The number of piperidine rings is 1. The third-order valence-electron chi connectivity index (χ3n) is 4.48. The Morgan fingerprint density at radius 3 is 2.69 bits per heavy atom. The van der Waals surface area contributed by atoms with Crippen molar-refractivity contribution in [1.82, 2.24) is 14.9 Å². The van der Waals surface area contributed by atoms with Crippen LogP contribution < -0.4 is 4.74 Å². The smallest absolute Gasteiger partial charge is 0.303 e. The standard InChI is InChI=1S/C19H21N3O4/c23-18(10-14-3-7-20-8-4-14)22-9-5-17(15(13-22)11-19(24)25)26-16-2-1-6-21-12-16/h1-4,6-8,12,15,17H,5,9-11,13H2,(H,24,25)/t15-,17-/m1/s1. The number of pyridine rings is 2. The van der Waals surface area contributed by atoms with Crippen LogP contribution in [0.15, 0.2) is 49.1 Å². The van der Waals surface area contributed by atoms with Gasteiger partial charge >= 0.3 is 5.97 Å². The first kappa shape index (κ1) is 17.8. The predicted octanol–water partition coefficient (Wildman–Crippen LogP) is 1.79. The molecule has 0 unspecified atom stereocenters. The first-order valence-electron chi connectivity index (χ1n) is 8.57. The summed E-state index contributed by atoms with van der Waals surface area (Å²) in [6.07, 6.45) is 7.17. The molecular weight excluding hydrogens is 334 g/mol. The predicted molar refractivity (Wildman–Crippen MR) is 93.5 cm³/mol. The molecular formula is C19H21N3O4. The van der Waals surface area contributed by atoms with Gasteiger partial charge < -0.3 is 14.7 Å². The van der Waals surface area contributed by atoms with Crippen molar-refractivity contribution >= 4 is 11.9 Å². The SMILES string of the molecule is O=C(O)C[C@@H]1CN(C(=O)Cc2ccncc2)CC[C@H]1Oc1cccnc1. The Kier molecular flexibility index (Phi) is 5.78. The van der Waals surface area contributed by atoms with Crippen molar-refractivity contribution in [1.29, 1.82) is 0 Å². The van der Waals surface area contributed by atoms with E-state index in [2.05, 4.69) is 9.97 Å². The zero-order chi connectivity index (χ0) is 18.4. The van der Waals surface area contributed by atoms with Crippen LogP contribution in [0.4, 0.5) is 0 Å². The lowest BCUT2D eigenvalue weighted by atomic mass is 9.91. The Morgan fingerprint density at radius 1 is 1.19 bits per heavy atom. The van der Waals surface area contributed by atoms with Crippen molar-refractivity contribution in [2.24, 2.45) is 5.92 Å². The summed E-state index contributed by atoms with van der Waals surface area (Å²) >= 11 is 0. The number of hydrogen-bond acceptors (Lipinski definition) is 5. The first-order chi connectivity index (χ1) is 12.6. The molecule has 3 heterocycles. The number of likely N-dealkylation sites (tertiary alicyclic amines) is 1. The summed E-state index contributed by atoms with van der Waals surface area (Å²) in [5, 5.41) is 9.23. The summed E-state index contributed by atoms with van der Waals surface area (Å²) < 4.78 is 5.94. The Balaban J connectivity index is 1.65. The fourth-order valence-corrected chi connectivity index (χ4v) is 3.19. The van der Waals surface area contributed by atoms with Crippen molar-refractivity contribution in [2.45, 2.75) is 25.4 Å². The summed E-state index contributed by atoms with van der Waals surface area (Å²) in [6.45, 7) is 0.923. The Hall–Kier alpha value is -2.96. The highest BCUT2D eigenvalue weighted by Crippen LogP contribution is 2.25. The molecule has 0 bridgehead atoms. The minimum atomic E-state index is -0.891. The highest BCUT2D eigenvalue weighted by molar-refractivity contribution is 5.79. The highest BCUT2D eigenvalue weighted by atomic mass is 16.5. The molecule has 1 fully saturated rings. The molecule has 7 heteroatoms. The van der Waals surface area contributed by atoms with Gasteiger partial charge in [0.15, 0.2) is 0 Å². The number of amides is 1. The molecule has 1 amide bonds. The molecule has 2 aromatic rings. The van der Waals surface area contributed by atoms with Crippen molar-refractivity contribution in [3.63, 3.8) is 0 Å². The lowest BCUT2D eigenvalue weighted by molar-refractivity contribution is -0.142. The number of rotatable bonds is 6. The second-order valence-electron chi connectivity index (χ2n) is 6.36. The number of aromatic nitrogens is 2. The normalized spacial score (nSPS) is 19.8. The third kappa shape index (κ3) is 4.78. The van der Waals surface area contributed by atoms with Crippen molar-refractivity contribution in [2.75, 3.05) is 13.1 Å². The lowest BCUT2D eigenvalue weighted by Gasteiger charge is -2.38. The topological polar surface area (TPSA) is 92.6 Å². The van der Waals surface area contributed by atoms with Gasteiger partial charge in [0.05, 0.1) is 19.0 Å². The van der Waals surface area contributed by atoms with Crippen LogP contribution in [0.2, 0.25) is 0 Å². The van der Waals surface area contributed by atoms with Gasteiger partial charge in [-0.2, -0.15) is 0 Å². The molecule has 0 saturated carbocycles. The zero-order valence-corrected chi connectivity index (χ0v) is 14.3. The van der Waals surface area contributed by atoms with Gasteiger partial charge in [-0.15, -0.1) is 0 Å². The summed E-state index contributed by atoms with van der Waals surface area (Å²) in [7, 11) is 0. The van der Waals surface area contributed by atoms with E-state index >= 15 is 0 Å². The number of carbonyl (C=O) groups is 2. The minimum Gasteiger partial charge on any atom is -0.488 e. The van der Waals surface area contributed by atoms with Crippen LogP contribution >= 0.6 is 0 Å². The fourth-order valence-electron chi connectivity index (χ4n) is 3.19. The van der Waals surface area contributed by atoms with E-state index < -0.39 is 5.97 Å². The molecule has 2 atom stereocenters. The van der Waals surface area contributed by atoms with E-state index in [1.54, 1.807) is 41.8 Å². The monoisotopic (exact) mass is 355 g/mol. The summed E-state index contributed by atoms with van der Waals surface area (Å²) in [4.78, 5) is 33.5. The highest BCUT2D eigenvalue weighted by Gasteiger charge is 2.34. The maximum absolute atomic E-state index is 12.6. The molecule has 0 aliphatic carbocycles. The van der Waals surface area contributed by atoms with E-state index in [9.17, 15) is 14.7 Å². The Bertz CT molecular complexity index is 739. The van der Waals surface area contributed by atoms with E-state index in [1.807, 2.05) is 12.1 Å². The number of carboxylic acids is 1. The van der Waals surface area contributed by atoms with Gasteiger partial charge in [-0.05, 0) is 29.8 Å². The molecule has 1 saturated heterocycles. The summed E-state index contributed by atoms with van der Waals surface area (Å²) in [5.41, 5.74) is 0.897. The van der Waals surface area contributed by atoms with E-state index in [4.69, 9.17) is 4.74 Å². The number of carbonyl (C=O) groups excluding carboxylic acids is 1. The average molecular weight is 355 g/mol. The second kappa shape index (κ2) is 8.42. The van der Waals surface area contributed by atoms with Crippen molar-refractivity contribution in [3.8, 4) is 5.75 Å². The molecule has 1 aliphatic rings. The minimum absolute atomic E-state index is 0.00795. The van der Waals surface area contributed by atoms with Crippen molar-refractivity contribution < 1.29 is 19.4 Å². The van der Waals surface area contributed by atoms with E-state index in [0.717, 1.165) is 5.56 Å². The number of nitrogens with zero attached hydrogens (tertiary/aromatic N) is 3. The van der Waals surface area contributed by atoms with Gasteiger partial charge in [-0.3, -0.25) is 19.6 Å². The molecule has 0 aromatic carbocycles. The van der Waals surface area contributed by atoms with Crippen LogP contribution in [0, 0.1) is 5.92 Å². The van der Waals surface area contributed by atoms with E-state index in [0.29, 0.717) is 25.3 Å². The quantitative estimate of drug-likeness (QED) is 0.849. The Morgan fingerprint density at radius 2 is 2.00 bits per heavy atom. The number of hydrogen-bond donors (Lipinski definition) is 1. The van der Waals surface area contributed by atoms with Crippen LogP contribution in [-0.2, 0) is 16.0 Å². The van der Waals surface area contributed by atoms with Crippen LogP contribution in [0.3, 0.4) is 0 Å². The maximum Gasteiger partial charge on any atom is 0.303 e. The zero-order valence-electron chi connectivity index (χ0n) is 14.3. The van der Waals surface area contributed by atoms with Crippen LogP contribution in [0.5, 0.6) is 5.75 Å². The molecule has 26 heavy (non-hydrogen) atoms. The van der Waals surface area contributed by atoms with E-state index in [1.165, 1.54) is 0 Å². The second-order valence-corrected chi connectivity index (χ2v) is 6.36. The number of ether oxygens (including phenoxy) is 1. The van der Waals surface area contributed by atoms with Gasteiger partial charge in [0.2, 0.25) is 5.91 Å². The first-order valence-corrected chi connectivity index (χ1v) is 8.57. The molecule has 3 rings (SSSR count). The molecule has 136 valence electrons. The number of carboxylic acid groups (broad SMARTS) is 1. The van der Waals surface area contributed by atoms with E-state index in [-0.39, 0.29) is 30.8 Å². The maximum atomic E-state index is 12.6. The van der Waals surface area contributed by atoms with Crippen LogP contribution in [-0.4, -0.2) is 51.0 Å². The molecule has 1 N–H and O–H groups in total. The van der Waals surface area contributed by atoms with Gasteiger partial charge in [0.1, 0.15) is 11.9 Å². The molecule has 7 nitrogen and oxygen atoms in total. The Labute approximate surface area is 151 Å². The summed E-state index contributed by atoms with van der Waals surface area (Å²) in [5.74, 6) is -0.545. The molecule has 1 aliphatic heterocycles. The van der Waals surface area contributed by atoms with Gasteiger partial charge in [-0.25, -0.2) is 0 Å². The average Bonchev–Trinajstić information content (AvgIpc) is 2.64. The molecule has 0 radical (unpaired) electrons. The van der Waals surface area contributed by atoms with Crippen LogP contribution in [0.25, 0.3) is 0 Å². The van der Waals surface area contributed by atoms with Gasteiger partial charge in [-0.1, -0.05) is 0 Å². The largest absolute Gasteiger partial charge is 0.488 e. The lowest BCUT2D eigenvalue weighted by Crippen LogP contribution is -2.49. The van der Waals surface area contributed by atoms with Gasteiger partial charge in [0, 0.05) is 44.0 Å². The molecule has 0 spiro atoms. The van der Waals surface area contributed by atoms with Crippen molar-refractivity contribution in [3.05, 3.63) is 54.6 Å².